The number of amides is 2. The molecule has 8 nitrogen and oxygen atoms in total. The van der Waals surface area contributed by atoms with Crippen LogP contribution in [-0.4, -0.2) is 40.7 Å². The molecule has 0 fully saturated rings. The van der Waals surface area contributed by atoms with Crippen molar-refractivity contribution < 1.29 is 10.1 Å². The molecular formula is C23H27N6O2+. The van der Waals surface area contributed by atoms with Crippen LogP contribution in [0.4, 0.5) is 4.79 Å². The monoisotopic (exact) mass is 419 g/mol. The van der Waals surface area contributed by atoms with Crippen LogP contribution in [0.15, 0.2) is 41.9 Å². The molecule has 2 amide bonds. The molecule has 31 heavy (non-hydrogen) atoms. The molecule has 0 bridgehead atoms. The number of hydrogen-bond donors (Lipinski definition) is 2. The molecule has 160 valence electrons. The van der Waals surface area contributed by atoms with E-state index in [1.54, 1.807) is 0 Å². The molecule has 8 heteroatoms. The molecule has 0 aliphatic rings. The molecule has 0 spiro atoms. The molecule has 3 N–H and O–H groups in total. The van der Waals surface area contributed by atoms with E-state index in [4.69, 9.17) is 4.98 Å². The molecule has 4 rings (SSSR count). The predicted molar refractivity (Wildman–Crippen MR) is 123 cm³/mol. The summed E-state index contributed by atoms with van der Waals surface area (Å²) in [6.07, 6.45) is 4.26. The van der Waals surface area contributed by atoms with Gasteiger partial charge in [-0.2, -0.15) is 5.01 Å². The van der Waals surface area contributed by atoms with Gasteiger partial charge >= 0.3 is 6.03 Å². The Labute approximate surface area is 180 Å². The SMILES string of the molecule is Cc1c2ccn(C)cc2c(C)c2c1nc1ccc(C[NH2+]CCNC(=O)N(C)N=O)cc12. The molecule has 0 aliphatic carbocycles. The van der Waals surface area contributed by atoms with E-state index in [1.807, 2.05) is 7.05 Å². The van der Waals surface area contributed by atoms with Crippen LogP contribution in [-0.2, 0) is 13.6 Å². The molecule has 0 radical (unpaired) electrons. The fourth-order valence-corrected chi connectivity index (χ4v) is 4.15. The zero-order valence-corrected chi connectivity index (χ0v) is 18.3. The maximum atomic E-state index is 11.5. The Kier molecular flexibility index (Phi) is 5.56. The normalized spacial score (nSPS) is 11.4. The number of nitrogens with zero attached hydrogens (tertiary/aromatic N) is 4. The first kappa shape index (κ1) is 20.7. The summed E-state index contributed by atoms with van der Waals surface area (Å²) in [7, 11) is 3.37. The largest absolute Gasteiger partial charge is 0.357 e. The Bertz CT molecular complexity index is 1310. The average molecular weight is 420 g/mol. The fraction of sp³-hybridized carbons (Fsp3) is 0.304. The highest BCUT2D eigenvalue weighted by Gasteiger charge is 2.15. The Morgan fingerprint density at radius 1 is 1.19 bits per heavy atom. The van der Waals surface area contributed by atoms with Crippen LogP contribution >= 0.6 is 0 Å². The number of nitrogens with two attached hydrogens (primary N) is 1. The van der Waals surface area contributed by atoms with Crippen molar-refractivity contribution in [3.63, 3.8) is 0 Å². The van der Waals surface area contributed by atoms with Crippen LogP contribution in [0.1, 0.15) is 16.7 Å². The van der Waals surface area contributed by atoms with Gasteiger partial charge in [-0.25, -0.2) is 9.78 Å². The molecule has 0 saturated heterocycles. The zero-order valence-electron chi connectivity index (χ0n) is 18.3. The molecule has 2 aromatic heterocycles. The number of carbonyl (C=O) groups excluding carboxylic acids is 1. The zero-order chi connectivity index (χ0) is 22.1. The van der Waals surface area contributed by atoms with Gasteiger partial charge in [0.1, 0.15) is 6.54 Å². The first-order valence-electron chi connectivity index (χ1n) is 10.3. The maximum absolute atomic E-state index is 11.5. The van der Waals surface area contributed by atoms with Crippen molar-refractivity contribution in [1.82, 2.24) is 19.9 Å². The van der Waals surface area contributed by atoms with Gasteiger partial charge in [-0.1, -0.05) is 6.07 Å². The van der Waals surface area contributed by atoms with Gasteiger partial charge in [-0.3, -0.25) is 0 Å². The Hall–Kier alpha value is -3.52. The lowest BCUT2D eigenvalue weighted by Gasteiger charge is -2.10. The van der Waals surface area contributed by atoms with E-state index in [1.165, 1.54) is 45.3 Å². The molecule has 0 aliphatic heterocycles. The summed E-state index contributed by atoms with van der Waals surface area (Å²) in [5.41, 5.74) is 5.76. The number of fused-ring (bicyclic) bond motifs is 4. The van der Waals surface area contributed by atoms with Crippen molar-refractivity contribution in [3.05, 3.63) is 58.3 Å². The number of nitrogens with one attached hydrogen (secondary N) is 1. The Balaban J connectivity index is 1.58. The maximum Gasteiger partial charge on any atom is 0.340 e. The summed E-state index contributed by atoms with van der Waals surface area (Å²) in [5, 5.41) is 13.0. The first-order valence-corrected chi connectivity index (χ1v) is 10.3. The summed E-state index contributed by atoms with van der Waals surface area (Å²) < 4.78 is 2.08. The smallest absolute Gasteiger partial charge is 0.340 e. The second kappa shape index (κ2) is 8.31. The second-order valence-corrected chi connectivity index (χ2v) is 7.99. The number of quaternary nitrogens is 1. The van der Waals surface area contributed by atoms with Crippen LogP contribution < -0.4 is 10.6 Å². The van der Waals surface area contributed by atoms with Crippen LogP contribution in [0.3, 0.4) is 0 Å². The highest BCUT2D eigenvalue weighted by molar-refractivity contribution is 6.16. The molecule has 0 unspecified atom stereocenters. The van der Waals surface area contributed by atoms with E-state index >= 15 is 0 Å². The van der Waals surface area contributed by atoms with Gasteiger partial charge in [0.2, 0.25) is 0 Å². The quantitative estimate of drug-likeness (QED) is 0.286. The van der Waals surface area contributed by atoms with E-state index in [0.717, 1.165) is 22.6 Å². The second-order valence-electron chi connectivity index (χ2n) is 7.99. The highest BCUT2D eigenvalue weighted by Crippen LogP contribution is 2.36. The molecular weight excluding hydrogens is 392 g/mol. The van der Waals surface area contributed by atoms with Crippen molar-refractivity contribution in [2.24, 2.45) is 12.3 Å². The third kappa shape index (κ3) is 3.82. The molecule has 2 aromatic carbocycles. The average Bonchev–Trinajstić information content (AvgIpc) is 3.15. The Morgan fingerprint density at radius 3 is 2.77 bits per heavy atom. The fourth-order valence-electron chi connectivity index (χ4n) is 4.15. The third-order valence-electron chi connectivity index (χ3n) is 5.86. The van der Waals surface area contributed by atoms with E-state index in [0.29, 0.717) is 13.1 Å². The minimum absolute atomic E-state index is 0.461. The van der Waals surface area contributed by atoms with Gasteiger partial charge < -0.3 is 15.2 Å². The van der Waals surface area contributed by atoms with Crippen LogP contribution in [0.5, 0.6) is 0 Å². The van der Waals surface area contributed by atoms with Crippen LogP contribution in [0, 0.1) is 18.8 Å². The van der Waals surface area contributed by atoms with Crippen molar-refractivity contribution in [2.75, 3.05) is 20.1 Å². The summed E-state index contributed by atoms with van der Waals surface area (Å²) in [6, 6.07) is 8.10. The van der Waals surface area contributed by atoms with E-state index in [-0.39, 0.29) is 0 Å². The van der Waals surface area contributed by atoms with Crippen LogP contribution in [0.25, 0.3) is 32.6 Å². The van der Waals surface area contributed by atoms with E-state index < -0.39 is 6.03 Å². The van der Waals surface area contributed by atoms with Crippen molar-refractivity contribution in [3.8, 4) is 0 Å². The van der Waals surface area contributed by atoms with E-state index in [9.17, 15) is 9.70 Å². The minimum atomic E-state index is -0.495. The molecule has 4 aromatic rings. The standard InChI is InChI=1S/C23H26N6O2/c1-14-19-13-28(3)10-7-17(19)15(2)22-21(14)18-11-16(5-6-20(18)26-22)12-24-8-9-25-23(30)29(4)27-31/h5-7,10-11,13,24H,8-9,12H2,1-4H3,(H,25,30)/p+1. The lowest BCUT2D eigenvalue weighted by molar-refractivity contribution is -0.668. The van der Waals surface area contributed by atoms with Gasteiger partial charge in [-0.15, -0.1) is 4.91 Å². The van der Waals surface area contributed by atoms with Gasteiger partial charge in [0.15, 0.2) is 0 Å². The number of nitroso groups, excluding NO2 is 1. The minimum Gasteiger partial charge on any atom is -0.357 e. The van der Waals surface area contributed by atoms with Gasteiger partial charge in [0.25, 0.3) is 0 Å². The van der Waals surface area contributed by atoms with Gasteiger partial charge in [0.05, 0.1) is 29.4 Å². The first-order chi connectivity index (χ1) is 14.9. The van der Waals surface area contributed by atoms with Crippen LogP contribution in [0.2, 0.25) is 0 Å². The van der Waals surface area contributed by atoms with Crippen molar-refractivity contribution >= 4 is 38.6 Å². The topological polar surface area (TPSA) is 96.2 Å². The predicted octanol–water partition coefficient (Wildman–Crippen LogP) is 2.88. The number of pyridine rings is 1. The number of rotatable bonds is 6. The summed E-state index contributed by atoms with van der Waals surface area (Å²) >= 11 is 0. The number of benzene rings is 2. The van der Waals surface area contributed by atoms with E-state index in [2.05, 4.69) is 71.0 Å². The summed E-state index contributed by atoms with van der Waals surface area (Å²) in [4.78, 5) is 26.8. The molecule has 0 atom stereocenters. The third-order valence-corrected chi connectivity index (χ3v) is 5.86. The number of carbonyl (C=O) groups is 1. The highest BCUT2D eigenvalue weighted by atomic mass is 16.3. The number of aromatic nitrogens is 2. The lowest BCUT2D eigenvalue weighted by atomic mass is 9.96. The lowest BCUT2D eigenvalue weighted by Crippen LogP contribution is -2.84. The summed E-state index contributed by atoms with van der Waals surface area (Å²) in [6.45, 7) is 6.29. The van der Waals surface area contributed by atoms with Crippen molar-refractivity contribution in [2.45, 2.75) is 20.4 Å². The molecule has 0 saturated carbocycles. The Morgan fingerprint density at radius 2 is 2.00 bits per heavy atom. The van der Waals surface area contributed by atoms with Crippen molar-refractivity contribution in [1.29, 1.82) is 0 Å². The van der Waals surface area contributed by atoms with Gasteiger partial charge in [0, 0.05) is 48.2 Å². The number of aryl methyl sites for hydroxylation is 3. The molecule has 2 heterocycles. The number of urea groups is 1. The summed E-state index contributed by atoms with van der Waals surface area (Å²) in [5.74, 6) is 0. The van der Waals surface area contributed by atoms with Gasteiger partial charge in [-0.05, 0) is 48.6 Å². The number of hydrogen-bond acceptors (Lipinski definition) is 4.